The van der Waals surface area contributed by atoms with Crippen LogP contribution in [0.5, 0.6) is 5.75 Å². The summed E-state index contributed by atoms with van der Waals surface area (Å²) in [5, 5.41) is 0. The number of halogens is 1. The number of carbonyl (C=O) groups excluding carboxylic acids is 1. The molecule has 148 valence electrons. The molecule has 0 radical (unpaired) electrons. The average molecular weight is 385 g/mol. The highest BCUT2D eigenvalue weighted by atomic mass is 19.1. The van der Waals surface area contributed by atoms with Gasteiger partial charge in [0.15, 0.2) is 0 Å². The highest BCUT2D eigenvalue weighted by molar-refractivity contribution is 5.97. The van der Waals surface area contributed by atoms with Crippen molar-refractivity contribution in [2.75, 3.05) is 32.9 Å². The van der Waals surface area contributed by atoms with E-state index >= 15 is 0 Å². The summed E-state index contributed by atoms with van der Waals surface area (Å²) in [5.41, 5.74) is 1.40. The molecule has 0 spiro atoms. The van der Waals surface area contributed by atoms with Gasteiger partial charge in [0.2, 0.25) is 0 Å². The summed E-state index contributed by atoms with van der Waals surface area (Å²) in [4.78, 5) is 14.9. The molecule has 2 unspecified atom stereocenters. The lowest BCUT2D eigenvalue weighted by molar-refractivity contribution is -0.0230. The van der Waals surface area contributed by atoms with Gasteiger partial charge in [0, 0.05) is 13.2 Å². The standard InChI is InChI=1S/C22H24FNO4/c23-17-9-7-16(8-10-17)21-14-24(11-13-27-21)22(25)19-5-1-2-6-20(19)28-15-18-4-3-12-26-18/h1-2,5-10,18,21H,3-4,11-15H2. The molecule has 2 fully saturated rings. The molecular weight excluding hydrogens is 361 g/mol. The van der Waals surface area contributed by atoms with Gasteiger partial charge >= 0.3 is 0 Å². The number of carbonyl (C=O) groups is 1. The third kappa shape index (κ3) is 4.34. The van der Waals surface area contributed by atoms with Crippen molar-refractivity contribution in [2.45, 2.75) is 25.0 Å². The zero-order valence-electron chi connectivity index (χ0n) is 15.7. The number of morpholine rings is 1. The predicted molar refractivity (Wildman–Crippen MR) is 102 cm³/mol. The highest BCUT2D eigenvalue weighted by Gasteiger charge is 2.28. The Bertz CT molecular complexity index is 804. The van der Waals surface area contributed by atoms with Crippen molar-refractivity contribution in [3.63, 3.8) is 0 Å². The van der Waals surface area contributed by atoms with E-state index < -0.39 is 0 Å². The van der Waals surface area contributed by atoms with Crippen molar-refractivity contribution in [1.82, 2.24) is 4.90 Å². The molecule has 1 amide bonds. The van der Waals surface area contributed by atoms with Crippen LogP contribution in [0.3, 0.4) is 0 Å². The van der Waals surface area contributed by atoms with E-state index in [0.717, 1.165) is 25.0 Å². The van der Waals surface area contributed by atoms with Crippen LogP contribution in [-0.2, 0) is 9.47 Å². The zero-order valence-corrected chi connectivity index (χ0v) is 15.7. The highest BCUT2D eigenvalue weighted by Crippen LogP contribution is 2.26. The topological polar surface area (TPSA) is 48.0 Å². The molecule has 2 saturated heterocycles. The average Bonchev–Trinajstić information content (AvgIpc) is 3.26. The number of nitrogens with zero attached hydrogens (tertiary/aromatic N) is 1. The van der Waals surface area contributed by atoms with Gasteiger partial charge in [-0.1, -0.05) is 24.3 Å². The van der Waals surface area contributed by atoms with Crippen molar-refractivity contribution < 1.29 is 23.4 Å². The molecule has 0 bridgehead atoms. The van der Waals surface area contributed by atoms with Gasteiger partial charge < -0.3 is 19.1 Å². The van der Waals surface area contributed by atoms with Crippen LogP contribution in [0.2, 0.25) is 0 Å². The van der Waals surface area contributed by atoms with Crippen molar-refractivity contribution in [1.29, 1.82) is 0 Å². The van der Waals surface area contributed by atoms with E-state index in [1.165, 1.54) is 12.1 Å². The fourth-order valence-electron chi connectivity index (χ4n) is 3.61. The summed E-state index contributed by atoms with van der Waals surface area (Å²) in [6, 6.07) is 13.5. The van der Waals surface area contributed by atoms with E-state index in [4.69, 9.17) is 14.2 Å². The maximum absolute atomic E-state index is 13.2. The Labute approximate surface area is 164 Å². The third-order valence-electron chi connectivity index (χ3n) is 5.16. The molecule has 4 rings (SSSR count). The van der Waals surface area contributed by atoms with Crippen LogP contribution in [0.15, 0.2) is 48.5 Å². The van der Waals surface area contributed by atoms with Gasteiger partial charge in [-0.05, 0) is 42.7 Å². The molecule has 2 heterocycles. The number of hydrogen-bond donors (Lipinski definition) is 0. The van der Waals surface area contributed by atoms with E-state index in [0.29, 0.717) is 37.6 Å². The Hall–Kier alpha value is -2.44. The van der Waals surface area contributed by atoms with Crippen LogP contribution < -0.4 is 4.74 Å². The minimum Gasteiger partial charge on any atom is -0.490 e. The summed E-state index contributed by atoms with van der Waals surface area (Å²) < 4.78 is 30.5. The van der Waals surface area contributed by atoms with Crippen molar-refractivity contribution in [2.24, 2.45) is 0 Å². The summed E-state index contributed by atoms with van der Waals surface area (Å²) in [6.07, 6.45) is 1.86. The molecule has 2 atom stereocenters. The Morgan fingerprint density at radius 1 is 1.11 bits per heavy atom. The quantitative estimate of drug-likeness (QED) is 0.789. The zero-order chi connectivity index (χ0) is 19.3. The molecule has 2 aromatic rings. The Morgan fingerprint density at radius 3 is 2.71 bits per heavy atom. The van der Waals surface area contributed by atoms with Crippen molar-refractivity contribution in [3.05, 3.63) is 65.5 Å². The molecule has 6 heteroatoms. The van der Waals surface area contributed by atoms with Crippen LogP contribution in [0, 0.1) is 5.82 Å². The predicted octanol–water partition coefficient (Wildman–Crippen LogP) is 3.60. The van der Waals surface area contributed by atoms with Crippen molar-refractivity contribution in [3.8, 4) is 5.75 Å². The first-order chi connectivity index (χ1) is 13.7. The minimum absolute atomic E-state index is 0.0849. The van der Waals surface area contributed by atoms with Crippen LogP contribution in [0.25, 0.3) is 0 Å². The van der Waals surface area contributed by atoms with Gasteiger partial charge in [-0.2, -0.15) is 0 Å². The van der Waals surface area contributed by atoms with Gasteiger partial charge in [-0.15, -0.1) is 0 Å². The molecule has 0 aliphatic carbocycles. The summed E-state index contributed by atoms with van der Waals surface area (Å²) in [7, 11) is 0. The molecule has 0 N–H and O–H groups in total. The van der Waals surface area contributed by atoms with E-state index in [2.05, 4.69) is 0 Å². The monoisotopic (exact) mass is 385 g/mol. The van der Waals surface area contributed by atoms with E-state index in [1.807, 2.05) is 18.2 Å². The van der Waals surface area contributed by atoms with E-state index in [1.54, 1.807) is 23.1 Å². The van der Waals surface area contributed by atoms with E-state index in [-0.39, 0.29) is 23.9 Å². The second kappa shape index (κ2) is 8.71. The van der Waals surface area contributed by atoms with Gasteiger partial charge in [-0.3, -0.25) is 4.79 Å². The van der Waals surface area contributed by atoms with Crippen LogP contribution in [0.1, 0.15) is 34.9 Å². The molecule has 5 nitrogen and oxygen atoms in total. The summed E-state index contributed by atoms with van der Waals surface area (Å²) >= 11 is 0. The lowest BCUT2D eigenvalue weighted by Gasteiger charge is -2.33. The lowest BCUT2D eigenvalue weighted by atomic mass is 10.1. The number of ether oxygens (including phenoxy) is 3. The Morgan fingerprint density at radius 2 is 1.93 bits per heavy atom. The van der Waals surface area contributed by atoms with Crippen molar-refractivity contribution >= 4 is 5.91 Å². The summed E-state index contributed by atoms with van der Waals surface area (Å²) in [6.45, 7) is 2.59. The van der Waals surface area contributed by atoms with Gasteiger partial charge in [0.05, 0.1) is 24.8 Å². The smallest absolute Gasteiger partial charge is 0.257 e. The minimum atomic E-state index is -0.287. The normalized spacial score (nSPS) is 22.2. The van der Waals surface area contributed by atoms with Crippen LogP contribution in [-0.4, -0.2) is 49.8 Å². The lowest BCUT2D eigenvalue weighted by Crippen LogP contribution is -2.42. The van der Waals surface area contributed by atoms with Gasteiger partial charge in [-0.25, -0.2) is 4.39 Å². The molecule has 2 aliphatic heterocycles. The largest absolute Gasteiger partial charge is 0.490 e. The van der Waals surface area contributed by atoms with Gasteiger partial charge in [0.1, 0.15) is 24.3 Å². The maximum Gasteiger partial charge on any atom is 0.257 e. The SMILES string of the molecule is O=C(c1ccccc1OCC1CCCO1)N1CCOC(c2ccc(F)cc2)C1. The molecule has 28 heavy (non-hydrogen) atoms. The first-order valence-corrected chi connectivity index (χ1v) is 9.70. The molecule has 2 aromatic carbocycles. The van der Waals surface area contributed by atoms with E-state index in [9.17, 15) is 9.18 Å². The fourth-order valence-corrected chi connectivity index (χ4v) is 3.61. The number of amides is 1. The van der Waals surface area contributed by atoms with Crippen LogP contribution >= 0.6 is 0 Å². The number of benzene rings is 2. The fraction of sp³-hybridized carbons (Fsp3) is 0.409. The molecule has 0 saturated carbocycles. The maximum atomic E-state index is 13.2. The summed E-state index contributed by atoms with van der Waals surface area (Å²) in [5.74, 6) is 0.205. The molecule has 0 aromatic heterocycles. The van der Waals surface area contributed by atoms with Crippen LogP contribution in [0.4, 0.5) is 4.39 Å². The Balaban J connectivity index is 1.45. The first kappa shape index (κ1) is 18.9. The second-order valence-electron chi connectivity index (χ2n) is 7.10. The third-order valence-corrected chi connectivity index (χ3v) is 5.16. The number of hydrogen-bond acceptors (Lipinski definition) is 4. The molecule has 2 aliphatic rings. The number of para-hydroxylation sites is 1. The number of rotatable bonds is 5. The second-order valence-corrected chi connectivity index (χ2v) is 7.10. The Kier molecular flexibility index (Phi) is 5.88. The first-order valence-electron chi connectivity index (χ1n) is 9.70. The molecular formula is C22H24FNO4. The van der Waals surface area contributed by atoms with Gasteiger partial charge in [0.25, 0.3) is 5.91 Å².